The molecule has 0 atom stereocenters. The summed E-state index contributed by atoms with van der Waals surface area (Å²) in [6, 6.07) is 4.93. The van der Waals surface area contributed by atoms with Gasteiger partial charge in [0.05, 0.1) is 12.7 Å². The number of alkyl halides is 2. The molecular formula is C12H16F2O. The monoisotopic (exact) mass is 214 g/mol. The van der Waals surface area contributed by atoms with Gasteiger partial charge in [-0.3, -0.25) is 0 Å². The smallest absolute Gasteiger partial charge is 0.274 e. The molecule has 1 aromatic carbocycles. The molecule has 0 saturated carbocycles. The van der Waals surface area contributed by atoms with Gasteiger partial charge in [-0.25, -0.2) is 8.78 Å². The highest BCUT2D eigenvalue weighted by molar-refractivity contribution is 5.40. The first kappa shape index (κ1) is 12.0. The molecule has 1 aromatic rings. The Morgan fingerprint density at radius 3 is 2.27 bits per heavy atom. The van der Waals surface area contributed by atoms with E-state index in [2.05, 4.69) is 0 Å². The van der Waals surface area contributed by atoms with Crippen LogP contribution in [0.1, 0.15) is 37.8 Å². The van der Waals surface area contributed by atoms with Crippen molar-refractivity contribution in [3.8, 4) is 5.75 Å². The van der Waals surface area contributed by atoms with Gasteiger partial charge in [0.2, 0.25) is 0 Å². The van der Waals surface area contributed by atoms with Crippen molar-refractivity contribution in [2.24, 2.45) is 0 Å². The second-order valence-corrected chi connectivity index (χ2v) is 4.00. The molecule has 0 radical (unpaired) electrons. The average molecular weight is 214 g/mol. The molecule has 0 amide bonds. The molecule has 1 rings (SSSR count). The number of hydrogen-bond acceptors (Lipinski definition) is 1. The summed E-state index contributed by atoms with van der Waals surface area (Å²) >= 11 is 0. The fraction of sp³-hybridized carbons (Fsp3) is 0.500. The number of benzene rings is 1. The summed E-state index contributed by atoms with van der Waals surface area (Å²) < 4.78 is 31.5. The first-order valence-corrected chi connectivity index (χ1v) is 4.92. The van der Waals surface area contributed by atoms with Crippen LogP contribution in [-0.4, -0.2) is 7.11 Å². The van der Waals surface area contributed by atoms with Crippen molar-refractivity contribution in [3.63, 3.8) is 0 Å². The molecule has 84 valence electrons. The van der Waals surface area contributed by atoms with Gasteiger partial charge in [-0.2, -0.15) is 0 Å². The van der Waals surface area contributed by atoms with Crippen LogP contribution in [0.4, 0.5) is 8.78 Å². The van der Waals surface area contributed by atoms with E-state index in [1.54, 1.807) is 6.07 Å². The fourth-order valence-electron chi connectivity index (χ4n) is 1.43. The predicted octanol–water partition coefficient (Wildman–Crippen LogP) is 3.93. The second-order valence-electron chi connectivity index (χ2n) is 4.00. The Morgan fingerprint density at radius 2 is 1.87 bits per heavy atom. The van der Waals surface area contributed by atoms with Crippen LogP contribution in [0.3, 0.4) is 0 Å². The normalized spacial score (nSPS) is 11.9. The van der Waals surface area contributed by atoms with Crippen molar-refractivity contribution in [3.05, 3.63) is 29.3 Å². The third kappa shape index (κ3) is 2.67. The van der Waals surface area contributed by atoms with Crippen molar-refractivity contribution in [1.82, 2.24) is 0 Å². The Balaban J connectivity index is 3.26. The van der Waals surface area contributed by atoms with Crippen LogP contribution in [0.2, 0.25) is 0 Å². The highest BCUT2D eigenvalue weighted by Gasteiger charge is 2.28. The van der Waals surface area contributed by atoms with Gasteiger partial charge < -0.3 is 4.74 Å². The molecule has 0 aliphatic carbocycles. The summed E-state index contributed by atoms with van der Waals surface area (Å²) in [7, 11) is 1.40. The van der Waals surface area contributed by atoms with Crippen LogP contribution in [0.15, 0.2) is 18.2 Å². The highest BCUT2D eigenvalue weighted by atomic mass is 19.3. The number of halogens is 2. The second kappa shape index (κ2) is 4.17. The van der Waals surface area contributed by atoms with Crippen LogP contribution in [-0.2, 0) is 5.92 Å². The number of ether oxygens (including phenoxy) is 1. The third-order valence-electron chi connectivity index (χ3n) is 2.36. The molecule has 0 fully saturated rings. The average Bonchev–Trinajstić information content (AvgIpc) is 2.15. The van der Waals surface area contributed by atoms with E-state index in [0.717, 1.165) is 12.5 Å². The molecule has 0 heterocycles. The summed E-state index contributed by atoms with van der Waals surface area (Å²) in [5, 5.41) is 0. The minimum atomic E-state index is -2.86. The van der Waals surface area contributed by atoms with Crippen molar-refractivity contribution in [2.75, 3.05) is 7.11 Å². The molecule has 15 heavy (non-hydrogen) atoms. The van der Waals surface area contributed by atoms with E-state index in [9.17, 15) is 8.78 Å². The number of methoxy groups -OCH3 is 1. The molecule has 0 spiro atoms. The number of rotatable bonds is 3. The van der Waals surface area contributed by atoms with Gasteiger partial charge >= 0.3 is 0 Å². The maximum absolute atomic E-state index is 13.3. The molecule has 3 heteroatoms. The van der Waals surface area contributed by atoms with Crippen LogP contribution in [0, 0.1) is 0 Å². The molecule has 0 aliphatic heterocycles. The van der Waals surface area contributed by atoms with Crippen LogP contribution in [0.25, 0.3) is 0 Å². The van der Waals surface area contributed by atoms with Gasteiger partial charge in [0.1, 0.15) is 5.75 Å². The lowest BCUT2D eigenvalue weighted by Gasteiger charge is -2.17. The topological polar surface area (TPSA) is 9.23 Å². The van der Waals surface area contributed by atoms with E-state index in [1.807, 2.05) is 19.9 Å². The van der Waals surface area contributed by atoms with Crippen molar-refractivity contribution >= 4 is 0 Å². The zero-order valence-electron chi connectivity index (χ0n) is 9.47. The Hall–Kier alpha value is -1.12. The van der Waals surface area contributed by atoms with Gasteiger partial charge in [-0.15, -0.1) is 0 Å². The summed E-state index contributed by atoms with van der Waals surface area (Å²) in [5.41, 5.74) is 0.850. The quantitative estimate of drug-likeness (QED) is 0.740. The van der Waals surface area contributed by atoms with E-state index in [4.69, 9.17) is 4.74 Å². The van der Waals surface area contributed by atoms with E-state index in [-0.39, 0.29) is 17.2 Å². The standard InChI is InChI=1S/C12H16F2O/c1-8(2)9-5-6-11(15-4)10(7-9)12(3,13)14/h5-8H,1-4H3. The van der Waals surface area contributed by atoms with Gasteiger partial charge in [-0.05, 0) is 23.6 Å². The van der Waals surface area contributed by atoms with E-state index in [0.29, 0.717) is 0 Å². The zero-order chi connectivity index (χ0) is 11.6. The summed E-state index contributed by atoms with van der Waals surface area (Å²) in [5.74, 6) is -2.39. The van der Waals surface area contributed by atoms with Crippen molar-refractivity contribution < 1.29 is 13.5 Å². The largest absolute Gasteiger partial charge is 0.496 e. The maximum atomic E-state index is 13.3. The van der Waals surface area contributed by atoms with E-state index < -0.39 is 5.92 Å². The zero-order valence-corrected chi connectivity index (χ0v) is 9.47. The Kier molecular flexibility index (Phi) is 3.32. The Labute approximate surface area is 89.1 Å². The maximum Gasteiger partial charge on any atom is 0.274 e. The lowest BCUT2D eigenvalue weighted by molar-refractivity contribution is 0.0150. The minimum absolute atomic E-state index is 0.0452. The molecule has 0 saturated heterocycles. The molecular weight excluding hydrogens is 198 g/mol. The highest BCUT2D eigenvalue weighted by Crippen LogP contribution is 2.36. The molecule has 0 N–H and O–H groups in total. The lowest BCUT2D eigenvalue weighted by atomic mass is 9.98. The first-order valence-electron chi connectivity index (χ1n) is 4.92. The summed E-state index contributed by atoms with van der Waals surface area (Å²) in [6.45, 7) is 4.83. The van der Waals surface area contributed by atoms with Crippen molar-refractivity contribution in [1.29, 1.82) is 0 Å². The van der Waals surface area contributed by atoms with Gasteiger partial charge in [0.25, 0.3) is 5.92 Å². The Bertz CT molecular complexity index is 340. The third-order valence-corrected chi connectivity index (χ3v) is 2.36. The van der Waals surface area contributed by atoms with Crippen molar-refractivity contribution in [2.45, 2.75) is 32.6 Å². The van der Waals surface area contributed by atoms with Crippen LogP contribution < -0.4 is 4.74 Å². The lowest BCUT2D eigenvalue weighted by Crippen LogP contribution is -2.10. The minimum Gasteiger partial charge on any atom is -0.496 e. The summed E-state index contributed by atoms with van der Waals surface area (Å²) in [4.78, 5) is 0. The van der Waals surface area contributed by atoms with Crippen LogP contribution in [0.5, 0.6) is 5.75 Å². The molecule has 1 nitrogen and oxygen atoms in total. The summed E-state index contributed by atoms with van der Waals surface area (Å²) in [6.07, 6.45) is 0. The Morgan fingerprint density at radius 1 is 1.27 bits per heavy atom. The molecule has 0 aliphatic rings. The molecule has 0 unspecified atom stereocenters. The van der Waals surface area contributed by atoms with E-state index >= 15 is 0 Å². The molecule has 0 aromatic heterocycles. The van der Waals surface area contributed by atoms with Crippen LogP contribution >= 0.6 is 0 Å². The SMILES string of the molecule is COc1ccc(C(C)C)cc1C(C)(F)F. The molecule has 0 bridgehead atoms. The van der Waals surface area contributed by atoms with E-state index in [1.165, 1.54) is 13.2 Å². The van der Waals surface area contributed by atoms with Gasteiger partial charge in [0.15, 0.2) is 0 Å². The predicted molar refractivity (Wildman–Crippen MR) is 56.7 cm³/mol. The number of hydrogen-bond donors (Lipinski definition) is 0. The van der Waals surface area contributed by atoms with Gasteiger partial charge in [-0.1, -0.05) is 19.9 Å². The first-order chi connectivity index (χ1) is 6.86. The fourth-order valence-corrected chi connectivity index (χ4v) is 1.43. The van der Waals surface area contributed by atoms with Gasteiger partial charge in [0, 0.05) is 6.92 Å².